The molecule has 1 aromatic rings. The van der Waals surface area contributed by atoms with Gasteiger partial charge in [-0.2, -0.15) is 0 Å². The molecule has 0 aliphatic carbocycles. The van der Waals surface area contributed by atoms with E-state index < -0.39 is 23.7 Å². The molecule has 0 bridgehead atoms. The first-order valence-corrected chi connectivity index (χ1v) is 4.52. The zero-order valence-corrected chi connectivity index (χ0v) is 8.89. The van der Waals surface area contributed by atoms with Crippen molar-refractivity contribution in [2.75, 3.05) is 26.1 Å². The number of hydrogen-bond acceptors (Lipinski definition) is 3. The number of halogens is 3. The maximum Gasteiger partial charge on any atom is 0.173 e. The Balaban J connectivity index is 2.70. The predicted octanol–water partition coefficient (Wildman–Crippen LogP) is 2.13. The highest BCUT2D eigenvalue weighted by molar-refractivity contribution is 5.45. The Morgan fingerprint density at radius 2 is 1.62 bits per heavy atom. The molecular weight excluding hydrogens is 223 g/mol. The molecule has 0 saturated carbocycles. The topological polar surface area (TPSA) is 30.5 Å². The van der Waals surface area contributed by atoms with E-state index in [0.29, 0.717) is 6.07 Å². The van der Waals surface area contributed by atoms with Gasteiger partial charge >= 0.3 is 0 Å². The van der Waals surface area contributed by atoms with Gasteiger partial charge in [0.25, 0.3) is 0 Å². The fraction of sp³-hybridized carbons (Fsp3) is 0.400. The first-order chi connectivity index (χ1) is 7.58. The van der Waals surface area contributed by atoms with E-state index in [1.54, 1.807) is 0 Å². The summed E-state index contributed by atoms with van der Waals surface area (Å²) in [4.78, 5) is 0. The SMILES string of the molecule is COC(CNc1cc(F)c(F)cc1F)OC. The third-order valence-electron chi connectivity index (χ3n) is 1.99. The van der Waals surface area contributed by atoms with Gasteiger partial charge in [0, 0.05) is 26.4 Å². The lowest BCUT2D eigenvalue weighted by Gasteiger charge is -2.15. The zero-order chi connectivity index (χ0) is 12.1. The minimum Gasteiger partial charge on any atom is -0.377 e. The molecule has 3 nitrogen and oxygen atoms in total. The normalized spacial score (nSPS) is 10.9. The Hall–Kier alpha value is -1.27. The van der Waals surface area contributed by atoms with Crippen LogP contribution in [-0.2, 0) is 9.47 Å². The molecule has 0 saturated heterocycles. The van der Waals surface area contributed by atoms with Gasteiger partial charge in [0.15, 0.2) is 17.9 Å². The summed E-state index contributed by atoms with van der Waals surface area (Å²) in [5, 5.41) is 2.55. The van der Waals surface area contributed by atoms with Crippen LogP contribution in [-0.4, -0.2) is 27.1 Å². The lowest BCUT2D eigenvalue weighted by atomic mass is 10.3. The molecule has 1 N–H and O–H groups in total. The molecular formula is C10H12F3NO2. The van der Waals surface area contributed by atoms with Crippen molar-refractivity contribution < 1.29 is 22.6 Å². The number of rotatable bonds is 5. The molecule has 16 heavy (non-hydrogen) atoms. The maximum atomic E-state index is 13.1. The zero-order valence-electron chi connectivity index (χ0n) is 8.89. The van der Waals surface area contributed by atoms with Gasteiger partial charge in [-0.25, -0.2) is 13.2 Å². The highest BCUT2D eigenvalue weighted by atomic mass is 19.2. The summed E-state index contributed by atoms with van der Waals surface area (Å²) in [6, 6.07) is 1.22. The van der Waals surface area contributed by atoms with Crippen LogP contribution < -0.4 is 5.32 Å². The van der Waals surface area contributed by atoms with Gasteiger partial charge in [0.05, 0.1) is 12.2 Å². The molecule has 0 spiro atoms. The third-order valence-corrected chi connectivity index (χ3v) is 1.99. The van der Waals surface area contributed by atoms with Crippen molar-refractivity contribution in [3.05, 3.63) is 29.6 Å². The summed E-state index contributed by atoms with van der Waals surface area (Å²) in [5.41, 5.74) is -0.141. The molecule has 0 aliphatic heterocycles. The number of nitrogens with one attached hydrogen (secondary N) is 1. The highest BCUT2D eigenvalue weighted by Crippen LogP contribution is 2.18. The van der Waals surface area contributed by atoms with Crippen LogP contribution in [0.15, 0.2) is 12.1 Å². The van der Waals surface area contributed by atoms with Crippen LogP contribution in [0.5, 0.6) is 0 Å². The number of methoxy groups -OCH3 is 2. The minimum atomic E-state index is -1.22. The van der Waals surface area contributed by atoms with Crippen LogP contribution >= 0.6 is 0 Å². The average Bonchev–Trinajstić information content (AvgIpc) is 2.26. The van der Waals surface area contributed by atoms with Crippen LogP contribution in [0.4, 0.5) is 18.9 Å². The van der Waals surface area contributed by atoms with Gasteiger partial charge in [-0.3, -0.25) is 0 Å². The Morgan fingerprint density at radius 1 is 1.06 bits per heavy atom. The Morgan fingerprint density at radius 3 is 2.19 bits per heavy atom. The summed E-state index contributed by atoms with van der Waals surface area (Å²) in [5.74, 6) is -3.21. The number of benzene rings is 1. The van der Waals surface area contributed by atoms with Gasteiger partial charge in [-0.15, -0.1) is 0 Å². The summed E-state index contributed by atoms with van der Waals surface area (Å²) < 4.78 is 48.2. The van der Waals surface area contributed by atoms with Crippen LogP contribution in [0, 0.1) is 17.5 Å². The minimum absolute atomic E-state index is 0.120. The molecule has 0 aliphatic rings. The summed E-state index contributed by atoms with van der Waals surface area (Å²) >= 11 is 0. The quantitative estimate of drug-likeness (QED) is 0.626. The van der Waals surface area contributed by atoms with Crippen LogP contribution in [0.2, 0.25) is 0 Å². The molecule has 90 valence electrons. The van der Waals surface area contributed by atoms with Crippen LogP contribution in [0.1, 0.15) is 0 Å². The van der Waals surface area contributed by atoms with Crippen molar-refractivity contribution in [1.82, 2.24) is 0 Å². The van der Waals surface area contributed by atoms with Crippen molar-refractivity contribution in [3.63, 3.8) is 0 Å². The Labute approximate surface area is 91.2 Å². The predicted molar refractivity (Wildman–Crippen MR) is 52.6 cm³/mol. The van der Waals surface area contributed by atoms with E-state index in [4.69, 9.17) is 9.47 Å². The Bertz CT molecular complexity index is 356. The summed E-state index contributed by atoms with van der Waals surface area (Å²) in [6.07, 6.45) is -0.590. The maximum absolute atomic E-state index is 13.1. The molecule has 0 aromatic heterocycles. The van der Waals surface area contributed by atoms with E-state index >= 15 is 0 Å². The molecule has 1 rings (SSSR count). The van der Waals surface area contributed by atoms with Gasteiger partial charge in [-0.05, 0) is 0 Å². The standard InChI is InChI=1S/C10H12F3NO2/c1-15-10(16-2)5-14-9-4-7(12)6(11)3-8(9)13/h3-4,10,14H,5H2,1-2H3. The summed E-state index contributed by atoms with van der Waals surface area (Å²) in [7, 11) is 2.83. The summed E-state index contributed by atoms with van der Waals surface area (Å²) in [6.45, 7) is 0.120. The highest BCUT2D eigenvalue weighted by Gasteiger charge is 2.11. The molecule has 0 amide bonds. The third kappa shape index (κ3) is 3.11. The average molecular weight is 235 g/mol. The molecule has 0 heterocycles. The van der Waals surface area contributed by atoms with Gasteiger partial charge < -0.3 is 14.8 Å². The van der Waals surface area contributed by atoms with Crippen molar-refractivity contribution in [1.29, 1.82) is 0 Å². The first kappa shape index (κ1) is 12.8. The van der Waals surface area contributed by atoms with E-state index in [0.717, 1.165) is 6.07 Å². The van der Waals surface area contributed by atoms with E-state index in [1.807, 2.05) is 0 Å². The van der Waals surface area contributed by atoms with Gasteiger partial charge in [0.1, 0.15) is 5.82 Å². The molecule has 6 heteroatoms. The van der Waals surface area contributed by atoms with E-state index in [2.05, 4.69) is 5.32 Å². The fourth-order valence-corrected chi connectivity index (χ4v) is 1.11. The molecule has 0 radical (unpaired) electrons. The van der Waals surface area contributed by atoms with Crippen molar-refractivity contribution in [2.45, 2.75) is 6.29 Å². The first-order valence-electron chi connectivity index (χ1n) is 4.52. The molecule has 0 atom stereocenters. The van der Waals surface area contributed by atoms with Crippen LogP contribution in [0.25, 0.3) is 0 Å². The second-order valence-electron chi connectivity index (χ2n) is 3.03. The van der Waals surface area contributed by atoms with Crippen LogP contribution in [0.3, 0.4) is 0 Å². The number of ether oxygens (including phenoxy) is 2. The second kappa shape index (κ2) is 5.72. The lowest BCUT2D eigenvalue weighted by molar-refractivity contribution is -0.0914. The molecule has 0 unspecified atom stereocenters. The van der Waals surface area contributed by atoms with Crippen molar-refractivity contribution in [2.24, 2.45) is 0 Å². The van der Waals surface area contributed by atoms with Crippen molar-refractivity contribution in [3.8, 4) is 0 Å². The van der Waals surface area contributed by atoms with E-state index in [9.17, 15) is 13.2 Å². The Kier molecular flexibility index (Phi) is 4.57. The monoisotopic (exact) mass is 235 g/mol. The van der Waals surface area contributed by atoms with Gasteiger partial charge in [-0.1, -0.05) is 0 Å². The fourth-order valence-electron chi connectivity index (χ4n) is 1.11. The number of hydrogen-bond donors (Lipinski definition) is 1. The lowest BCUT2D eigenvalue weighted by Crippen LogP contribution is -2.24. The molecule has 1 aromatic carbocycles. The van der Waals surface area contributed by atoms with Crippen molar-refractivity contribution >= 4 is 5.69 Å². The molecule has 0 fully saturated rings. The van der Waals surface area contributed by atoms with Gasteiger partial charge in [0.2, 0.25) is 0 Å². The van der Waals surface area contributed by atoms with E-state index in [-0.39, 0.29) is 12.2 Å². The number of anilines is 1. The second-order valence-corrected chi connectivity index (χ2v) is 3.03. The van der Waals surface area contributed by atoms with E-state index in [1.165, 1.54) is 14.2 Å². The largest absolute Gasteiger partial charge is 0.377 e. The smallest absolute Gasteiger partial charge is 0.173 e.